The van der Waals surface area contributed by atoms with Crippen LogP contribution in [0.15, 0.2) is 17.2 Å². The van der Waals surface area contributed by atoms with Crippen LogP contribution in [0.4, 0.5) is 10.7 Å². The van der Waals surface area contributed by atoms with E-state index in [2.05, 4.69) is 20.3 Å². The molecule has 0 radical (unpaired) electrons. The van der Waals surface area contributed by atoms with Crippen molar-refractivity contribution >= 4 is 23.2 Å². The Morgan fingerprint density at radius 2 is 2.00 bits per heavy atom. The Hall–Kier alpha value is -2.71. The summed E-state index contributed by atoms with van der Waals surface area (Å²) in [7, 11) is 0. The highest BCUT2D eigenvalue weighted by molar-refractivity contribution is 5.70. The summed E-state index contributed by atoms with van der Waals surface area (Å²) in [6.45, 7) is 3.85. The molecule has 1 aliphatic rings. The standard InChI is InChI=1S/C16H22N6O3/c1-9(2)22-13(23)8-18-12-7-19-16(21-14(12)22)20-10-3-5-11(6-4-10)25-15(17)24/h7-11H,3-6H2,1-2H3,(H2,17,24)(H,19,20,21). The van der Waals surface area contributed by atoms with Gasteiger partial charge >= 0.3 is 6.09 Å². The van der Waals surface area contributed by atoms with Gasteiger partial charge in [0.2, 0.25) is 5.95 Å². The number of fused-ring (bicyclic) bond motifs is 1. The second kappa shape index (κ2) is 7.04. The number of carbonyl (C=O) groups excluding carboxylic acids is 1. The first-order valence-electron chi connectivity index (χ1n) is 8.41. The number of rotatable bonds is 4. The topological polar surface area (TPSA) is 125 Å². The maximum atomic E-state index is 12.1. The predicted molar refractivity (Wildman–Crippen MR) is 92.3 cm³/mol. The van der Waals surface area contributed by atoms with Crippen LogP contribution >= 0.6 is 0 Å². The van der Waals surface area contributed by atoms with Crippen molar-refractivity contribution in [2.24, 2.45) is 5.73 Å². The lowest BCUT2D eigenvalue weighted by atomic mass is 9.93. The van der Waals surface area contributed by atoms with Gasteiger partial charge in [-0.15, -0.1) is 0 Å². The van der Waals surface area contributed by atoms with E-state index < -0.39 is 6.09 Å². The maximum absolute atomic E-state index is 12.1. The first-order chi connectivity index (χ1) is 11.9. The Morgan fingerprint density at radius 3 is 2.64 bits per heavy atom. The molecule has 1 fully saturated rings. The van der Waals surface area contributed by atoms with Gasteiger partial charge in [0, 0.05) is 12.1 Å². The Balaban J connectivity index is 1.76. The molecule has 0 bridgehead atoms. The van der Waals surface area contributed by atoms with Crippen molar-refractivity contribution < 1.29 is 9.53 Å². The third-order valence-corrected chi connectivity index (χ3v) is 4.34. The molecule has 0 atom stereocenters. The van der Waals surface area contributed by atoms with Crippen molar-refractivity contribution in [3.05, 3.63) is 22.7 Å². The number of nitrogens with one attached hydrogen (secondary N) is 1. The van der Waals surface area contributed by atoms with Crippen LogP contribution in [0.25, 0.3) is 11.2 Å². The van der Waals surface area contributed by atoms with Crippen LogP contribution in [0.3, 0.4) is 0 Å². The fourth-order valence-electron chi connectivity index (χ4n) is 3.17. The Bertz CT molecular complexity index is 826. The number of anilines is 1. The Kier molecular flexibility index (Phi) is 4.82. The SMILES string of the molecule is CC(C)n1c(=O)cnc2cnc(NC3CCC(OC(N)=O)CC3)nc21. The maximum Gasteiger partial charge on any atom is 0.404 e. The van der Waals surface area contributed by atoms with Crippen LogP contribution in [0, 0.1) is 0 Å². The van der Waals surface area contributed by atoms with Crippen LogP contribution in [-0.4, -0.2) is 37.8 Å². The molecule has 0 saturated heterocycles. The summed E-state index contributed by atoms with van der Waals surface area (Å²) in [5, 5.41) is 3.30. The quantitative estimate of drug-likeness (QED) is 0.861. The van der Waals surface area contributed by atoms with Crippen molar-refractivity contribution in [2.75, 3.05) is 5.32 Å². The predicted octanol–water partition coefficient (Wildman–Crippen LogP) is 1.59. The summed E-state index contributed by atoms with van der Waals surface area (Å²) in [4.78, 5) is 35.8. The Labute approximate surface area is 144 Å². The molecular formula is C16H22N6O3. The zero-order chi connectivity index (χ0) is 18.0. The Morgan fingerprint density at radius 1 is 1.28 bits per heavy atom. The number of primary amides is 1. The molecule has 2 heterocycles. The third-order valence-electron chi connectivity index (χ3n) is 4.34. The van der Waals surface area contributed by atoms with Gasteiger partial charge < -0.3 is 15.8 Å². The van der Waals surface area contributed by atoms with E-state index in [0.717, 1.165) is 25.7 Å². The molecule has 0 aliphatic heterocycles. The molecule has 25 heavy (non-hydrogen) atoms. The summed E-state index contributed by atoms with van der Waals surface area (Å²) in [5.41, 5.74) is 5.97. The van der Waals surface area contributed by atoms with Crippen molar-refractivity contribution in [1.82, 2.24) is 19.5 Å². The fourth-order valence-corrected chi connectivity index (χ4v) is 3.17. The van der Waals surface area contributed by atoms with Crippen LogP contribution in [-0.2, 0) is 4.74 Å². The lowest BCUT2D eigenvalue weighted by molar-refractivity contribution is 0.0805. The van der Waals surface area contributed by atoms with E-state index in [4.69, 9.17) is 10.5 Å². The zero-order valence-electron chi connectivity index (χ0n) is 14.3. The summed E-state index contributed by atoms with van der Waals surface area (Å²) >= 11 is 0. The van der Waals surface area contributed by atoms with E-state index >= 15 is 0 Å². The molecule has 3 N–H and O–H groups in total. The summed E-state index contributed by atoms with van der Waals surface area (Å²) in [6.07, 6.45) is 5.19. The third kappa shape index (κ3) is 3.86. The van der Waals surface area contributed by atoms with E-state index in [1.54, 1.807) is 10.8 Å². The second-order valence-electron chi connectivity index (χ2n) is 6.52. The monoisotopic (exact) mass is 346 g/mol. The molecule has 1 amide bonds. The highest BCUT2D eigenvalue weighted by Crippen LogP contribution is 2.23. The summed E-state index contributed by atoms with van der Waals surface area (Å²) in [6, 6.07) is 0.156. The molecule has 134 valence electrons. The van der Waals surface area contributed by atoms with E-state index in [0.29, 0.717) is 17.1 Å². The number of hydrogen-bond donors (Lipinski definition) is 2. The molecule has 9 heteroatoms. The minimum atomic E-state index is -0.728. The van der Waals surface area contributed by atoms with Crippen LogP contribution < -0.4 is 16.6 Å². The number of aromatic nitrogens is 4. The van der Waals surface area contributed by atoms with Gasteiger partial charge in [-0.1, -0.05) is 0 Å². The number of nitrogens with two attached hydrogens (primary N) is 1. The van der Waals surface area contributed by atoms with Gasteiger partial charge in [-0.25, -0.2) is 14.8 Å². The molecule has 1 aliphatic carbocycles. The number of amides is 1. The minimum Gasteiger partial charge on any atom is -0.446 e. The van der Waals surface area contributed by atoms with Crippen LogP contribution in [0.1, 0.15) is 45.6 Å². The average molecular weight is 346 g/mol. The van der Waals surface area contributed by atoms with Gasteiger partial charge in [-0.05, 0) is 39.5 Å². The molecule has 9 nitrogen and oxygen atoms in total. The van der Waals surface area contributed by atoms with Crippen molar-refractivity contribution in [3.63, 3.8) is 0 Å². The van der Waals surface area contributed by atoms with Crippen molar-refractivity contribution in [1.29, 1.82) is 0 Å². The molecule has 0 spiro atoms. The first-order valence-corrected chi connectivity index (χ1v) is 8.41. The first kappa shape index (κ1) is 17.1. The van der Waals surface area contributed by atoms with Gasteiger partial charge in [0.05, 0.1) is 12.4 Å². The van der Waals surface area contributed by atoms with E-state index in [-0.39, 0.29) is 23.7 Å². The van der Waals surface area contributed by atoms with Crippen molar-refractivity contribution in [3.8, 4) is 0 Å². The molecule has 3 rings (SSSR count). The summed E-state index contributed by atoms with van der Waals surface area (Å²) < 4.78 is 6.64. The largest absolute Gasteiger partial charge is 0.446 e. The lowest BCUT2D eigenvalue weighted by Crippen LogP contribution is -2.33. The van der Waals surface area contributed by atoms with E-state index in [9.17, 15) is 9.59 Å². The normalized spacial score (nSPS) is 20.6. The molecule has 1 saturated carbocycles. The van der Waals surface area contributed by atoms with E-state index in [1.807, 2.05) is 13.8 Å². The number of hydrogen-bond acceptors (Lipinski definition) is 7. The average Bonchev–Trinajstić information content (AvgIpc) is 2.55. The highest BCUT2D eigenvalue weighted by Gasteiger charge is 2.24. The smallest absolute Gasteiger partial charge is 0.404 e. The molecule has 2 aromatic rings. The van der Waals surface area contributed by atoms with Gasteiger partial charge in [0.1, 0.15) is 11.6 Å². The minimum absolute atomic E-state index is 0.0258. The van der Waals surface area contributed by atoms with Gasteiger partial charge in [0.25, 0.3) is 5.56 Å². The van der Waals surface area contributed by atoms with Crippen LogP contribution in [0.5, 0.6) is 0 Å². The van der Waals surface area contributed by atoms with E-state index in [1.165, 1.54) is 6.20 Å². The molecular weight excluding hydrogens is 324 g/mol. The number of nitrogens with zero attached hydrogens (tertiary/aromatic N) is 4. The van der Waals surface area contributed by atoms with Gasteiger partial charge in [-0.2, -0.15) is 4.98 Å². The highest BCUT2D eigenvalue weighted by atomic mass is 16.6. The van der Waals surface area contributed by atoms with Gasteiger partial charge in [-0.3, -0.25) is 9.36 Å². The summed E-state index contributed by atoms with van der Waals surface area (Å²) in [5.74, 6) is 0.466. The number of ether oxygens (including phenoxy) is 1. The van der Waals surface area contributed by atoms with Crippen LogP contribution in [0.2, 0.25) is 0 Å². The number of carbonyl (C=O) groups is 1. The second-order valence-corrected chi connectivity index (χ2v) is 6.52. The lowest BCUT2D eigenvalue weighted by Gasteiger charge is -2.28. The van der Waals surface area contributed by atoms with Crippen molar-refractivity contribution in [2.45, 2.75) is 57.7 Å². The molecule has 0 aromatic carbocycles. The molecule has 0 unspecified atom stereocenters. The molecule has 2 aromatic heterocycles. The zero-order valence-corrected chi connectivity index (χ0v) is 14.3. The fraction of sp³-hybridized carbons (Fsp3) is 0.562. The van der Waals surface area contributed by atoms with Gasteiger partial charge in [0.15, 0.2) is 5.65 Å².